The van der Waals surface area contributed by atoms with Crippen molar-refractivity contribution in [2.75, 3.05) is 18.1 Å². The monoisotopic (exact) mass is 298 g/mol. The Morgan fingerprint density at radius 1 is 1.18 bits per heavy atom. The molecule has 114 valence electrons. The highest BCUT2D eigenvalue weighted by atomic mass is 16.5. The van der Waals surface area contributed by atoms with E-state index in [1.54, 1.807) is 12.1 Å². The topological polar surface area (TPSA) is 75.8 Å². The van der Waals surface area contributed by atoms with Crippen molar-refractivity contribution in [1.82, 2.24) is 0 Å². The molecule has 0 spiro atoms. The third kappa shape index (κ3) is 2.89. The van der Waals surface area contributed by atoms with Crippen molar-refractivity contribution in [2.24, 2.45) is 5.73 Å². The zero-order valence-electron chi connectivity index (χ0n) is 12.2. The van der Waals surface area contributed by atoms with Gasteiger partial charge in [-0.25, -0.2) is 4.79 Å². The number of anilines is 1. The fourth-order valence-corrected chi connectivity index (χ4v) is 2.59. The van der Waals surface area contributed by atoms with Gasteiger partial charge in [-0.2, -0.15) is 0 Å². The number of aromatic carboxylic acids is 1. The first kappa shape index (κ1) is 14.4. The molecule has 0 amide bonds. The van der Waals surface area contributed by atoms with Gasteiger partial charge in [0.1, 0.15) is 12.4 Å². The van der Waals surface area contributed by atoms with Crippen LogP contribution in [-0.4, -0.2) is 24.2 Å². The summed E-state index contributed by atoms with van der Waals surface area (Å²) in [5.74, 6) is -0.0473. The highest BCUT2D eigenvalue weighted by Crippen LogP contribution is 2.33. The van der Waals surface area contributed by atoms with Crippen molar-refractivity contribution in [3.8, 4) is 5.75 Å². The maximum Gasteiger partial charge on any atom is 0.335 e. The van der Waals surface area contributed by atoms with E-state index in [9.17, 15) is 4.79 Å². The van der Waals surface area contributed by atoms with Crippen molar-refractivity contribution in [2.45, 2.75) is 13.1 Å². The smallest absolute Gasteiger partial charge is 0.335 e. The lowest BCUT2D eigenvalue weighted by Gasteiger charge is -2.31. The number of hydrogen-bond acceptors (Lipinski definition) is 4. The number of carbonyl (C=O) groups is 1. The normalized spacial score (nSPS) is 13.4. The van der Waals surface area contributed by atoms with Crippen LogP contribution in [0.2, 0.25) is 0 Å². The molecule has 1 aliphatic rings. The van der Waals surface area contributed by atoms with Crippen LogP contribution >= 0.6 is 0 Å². The van der Waals surface area contributed by atoms with Gasteiger partial charge < -0.3 is 20.5 Å². The number of carboxylic acid groups (broad SMARTS) is 1. The number of carboxylic acids is 1. The molecule has 1 heterocycles. The van der Waals surface area contributed by atoms with Crippen LogP contribution in [0.25, 0.3) is 0 Å². The van der Waals surface area contributed by atoms with E-state index in [1.165, 1.54) is 0 Å². The van der Waals surface area contributed by atoms with E-state index in [-0.39, 0.29) is 0 Å². The van der Waals surface area contributed by atoms with Crippen molar-refractivity contribution >= 4 is 11.7 Å². The van der Waals surface area contributed by atoms with Gasteiger partial charge in [0.15, 0.2) is 0 Å². The second-order valence-corrected chi connectivity index (χ2v) is 5.28. The van der Waals surface area contributed by atoms with Gasteiger partial charge in [0, 0.05) is 13.1 Å². The maximum absolute atomic E-state index is 10.9. The predicted molar refractivity (Wildman–Crippen MR) is 84.3 cm³/mol. The zero-order chi connectivity index (χ0) is 15.5. The van der Waals surface area contributed by atoms with E-state index >= 15 is 0 Å². The lowest BCUT2D eigenvalue weighted by Crippen LogP contribution is -2.32. The van der Waals surface area contributed by atoms with E-state index in [0.717, 1.165) is 35.7 Å². The minimum atomic E-state index is -0.905. The van der Waals surface area contributed by atoms with E-state index in [4.69, 9.17) is 15.6 Å². The minimum Gasteiger partial charge on any atom is -0.490 e. The lowest BCUT2D eigenvalue weighted by atomic mass is 10.1. The first-order chi connectivity index (χ1) is 10.7. The molecule has 0 fully saturated rings. The van der Waals surface area contributed by atoms with Gasteiger partial charge in [-0.1, -0.05) is 18.2 Å². The molecule has 3 rings (SSSR count). The molecule has 0 radical (unpaired) electrons. The maximum atomic E-state index is 10.9. The third-order valence-corrected chi connectivity index (χ3v) is 3.79. The van der Waals surface area contributed by atoms with Crippen LogP contribution in [0.4, 0.5) is 5.69 Å². The Bertz CT molecular complexity index is 683. The first-order valence-electron chi connectivity index (χ1n) is 7.20. The molecule has 0 unspecified atom stereocenters. The standard InChI is InChI=1S/C17H18N2O3/c18-10-13-3-6-15-16(9-13)22-8-7-19(15)11-12-1-4-14(5-2-12)17(20)21/h1-6,9H,7-8,10-11,18H2,(H,20,21). The molecule has 0 aromatic heterocycles. The Morgan fingerprint density at radius 2 is 1.91 bits per heavy atom. The Hall–Kier alpha value is -2.53. The third-order valence-electron chi connectivity index (χ3n) is 3.79. The van der Waals surface area contributed by atoms with E-state index in [2.05, 4.69) is 4.90 Å². The molecule has 0 saturated carbocycles. The molecule has 5 nitrogen and oxygen atoms in total. The molecule has 0 saturated heterocycles. The molecule has 1 aliphatic heterocycles. The molecule has 0 atom stereocenters. The minimum absolute atomic E-state index is 0.304. The highest BCUT2D eigenvalue weighted by molar-refractivity contribution is 5.87. The summed E-state index contributed by atoms with van der Waals surface area (Å²) in [6, 6.07) is 13.0. The van der Waals surface area contributed by atoms with Gasteiger partial charge in [0.2, 0.25) is 0 Å². The van der Waals surface area contributed by atoms with Gasteiger partial charge in [0.25, 0.3) is 0 Å². The summed E-state index contributed by atoms with van der Waals surface area (Å²) in [5.41, 5.74) is 9.13. The van der Waals surface area contributed by atoms with E-state index in [1.807, 2.05) is 30.3 Å². The van der Waals surface area contributed by atoms with Gasteiger partial charge in [0.05, 0.1) is 17.8 Å². The molecule has 2 aromatic rings. The SMILES string of the molecule is NCc1ccc2c(c1)OCCN2Cc1ccc(C(=O)O)cc1. The first-order valence-corrected chi connectivity index (χ1v) is 7.20. The molecular weight excluding hydrogens is 280 g/mol. The van der Waals surface area contributed by atoms with Gasteiger partial charge in [-0.15, -0.1) is 0 Å². The summed E-state index contributed by atoms with van der Waals surface area (Å²) in [4.78, 5) is 13.1. The van der Waals surface area contributed by atoms with Crippen LogP contribution in [0.15, 0.2) is 42.5 Å². The number of nitrogens with zero attached hydrogens (tertiary/aromatic N) is 1. The molecule has 2 aromatic carbocycles. The zero-order valence-corrected chi connectivity index (χ0v) is 12.2. The number of benzene rings is 2. The van der Waals surface area contributed by atoms with Gasteiger partial charge in [-0.05, 0) is 35.4 Å². The highest BCUT2D eigenvalue weighted by Gasteiger charge is 2.18. The van der Waals surface area contributed by atoms with Crippen LogP contribution in [0.5, 0.6) is 5.75 Å². The average molecular weight is 298 g/mol. The Kier molecular flexibility index (Phi) is 3.98. The molecule has 22 heavy (non-hydrogen) atoms. The average Bonchev–Trinajstić information content (AvgIpc) is 2.55. The van der Waals surface area contributed by atoms with Crippen molar-refractivity contribution in [3.05, 3.63) is 59.2 Å². The number of nitrogens with two attached hydrogens (primary N) is 1. The summed E-state index contributed by atoms with van der Waals surface area (Å²) in [6.07, 6.45) is 0. The second kappa shape index (κ2) is 6.07. The molecule has 0 aliphatic carbocycles. The Labute approximate surface area is 128 Å². The fourth-order valence-electron chi connectivity index (χ4n) is 2.59. The predicted octanol–water partition coefficient (Wildman–Crippen LogP) is 2.24. The summed E-state index contributed by atoms with van der Waals surface area (Å²) in [5, 5.41) is 8.94. The molecular formula is C17H18N2O3. The van der Waals surface area contributed by atoms with E-state index < -0.39 is 5.97 Å². The Balaban J connectivity index is 1.81. The van der Waals surface area contributed by atoms with Gasteiger partial charge in [-0.3, -0.25) is 0 Å². The Morgan fingerprint density at radius 3 is 2.59 bits per heavy atom. The molecule has 5 heteroatoms. The van der Waals surface area contributed by atoms with Gasteiger partial charge >= 0.3 is 5.97 Å². The van der Waals surface area contributed by atoms with Crippen LogP contribution in [-0.2, 0) is 13.1 Å². The van der Waals surface area contributed by atoms with Crippen LogP contribution in [0, 0.1) is 0 Å². The van der Waals surface area contributed by atoms with Crippen molar-refractivity contribution in [1.29, 1.82) is 0 Å². The van der Waals surface area contributed by atoms with E-state index in [0.29, 0.717) is 18.7 Å². The molecule has 3 N–H and O–H groups in total. The number of rotatable bonds is 4. The lowest BCUT2D eigenvalue weighted by molar-refractivity contribution is 0.0697. The summed E-state index contributed by atoms with van der Waals surface area (Å²) < 4.78 is 5.71. The number of fused-ring (bicyclic) bond motifs is 1. The van der Waals surface area contributed by atoms with Crippen molar-refractivity contribution in [3.63, 3.8) is 0 Å². The number of ether oxygens (including phenoxy) is 1. The van der Waals surface area contributed by atoms with Crippen molar-refractivity contribution < 1.29 is 14.6 Å². The number of hydrogen-bond donors (Lipinski definition) is 2. The van der Waals surface area contributed by atoms with Crippen LogP contribution in [0.3, 0.4) is 0 Å². The quantitative estimate of drug-likeness (QED) is 0.905. The van der Waals surface area contributed by atoms with Crippen LogP contribution < -0.4 is 15.4 Å². The summed E-state index contributed by atoms with van der Waals surface area (Å²) >= 11 is 0. The fraction of sp³-hybridized carbons (Fsp3) is 0.235. The largest absolute Gasteiger partial charge is 0.490 e. The second-order valence-electron chi connectivity index (χ2n) is 5.28. The summed E-state index contributed by atoms with van der Waals surface area (Å²) in [6.45, 7) is 2.65. The molecule has 0 bridgehead atoms. The summed E-state index contributed by atoms with van der Waals surface area (Å²) in [7, 11) is 0. The van der Waals surface area contributed by atoms with Crippen LogP contribution in [0.1, 0.15) is 21.5 Å².